The third-order valence-electron chi connectivity index (χ3n) is 7.18. The Kier molecular flexibility index (Phi) is 2.93. The molecule has 0 aliphatic carbocycles. The van der Waals surface area contributed by atoms with Gasteiger partial charge < -0.3 is 8.82 Å². The van der Waals surface area contributed by atoms with E-state index in [0.717, 1.165) is 11.2 Å². The number of aromatic nitrogens is 2. The van der Waals surface area contributed by atoms with Crippen LogP contribution in [0.25, 0.3) is 80.5 Å². The smallest absolute Gasteiger partial charge is 0.170 e. The van der Waals surface area contributed by atoms with E-state index in [1.807, 2.05) is 17.4 Å². The number of hydrogen-bond donors (Lipinski definition) is 0. The minimum atomic E-state index is 0.954. The Morgan fingerprint density at radius 3 is 2.30 bits per heavy atom. The first kappa shape index (κ1) is 17.2. The summed E-state index contributed by atoms with van der Waals surface area (Å²) in [5.41, 5.74) is 8.15. The predicted octanol–water partition coefficient (Wildman–Crippen LogP) is 9.10. The van der Waals surface area contributed by atoms with Gasteiger partial charge in [0.15, 0.2) is 5.58 Å². The monoisotopic (exact) mass is 552 g/mol. The molecule has 5 aromatic heterocycles. The van der Waals surface area contributed by atoms with Crippen LogP contribution >= 0.6 is 34.2 Å². The maximum Gasteiger partial charge on any atom is 0.170 e. The fourth-order valence-corrected chi connectivity index (χ4v) is 7.97. The van der Waals surface area contributed by atoms with Crippen molar-refractivity contribution in [3.05, 3.63) is 78.9 Å². The molecule has 4 aromatic carbocycles. The van der Waals surface area contributed by atoms with E-state index in [1.54, 1.807) is 0 Å². The molecule has 0 spiro atoms. The number of rotatable bonds is 0. The molecule has 33 heavy (non-hydrogen) atoms. The molecule has 5 heterocycles. The minimum absolute atomic E-state index is 0.954. The summed E-state index contributed by atoms with van der Waals surface area (Å²) in [7, 11) is 0. The molecular formula is C28H13IN2OS. The highest BCUT2D eigenvalue weighted by Gasteiger charge is 2.25. The van der Waals surface area contributed by atoms with Gasteiger partial charge in [-0.05, 0) is 41.8 Å². The Bertz CT molecular complexity index is 2260. The number of hydrogen-bond acceptors (Lipinski definition) is 2. The summed E-state index contributed by atoms with van der Waals surface area (Å²) in [6.45, 7) is 0. The van der Waals surface area contributed by atoms with Crippen molar-refractivity contribution in [3.8, 4) is 0 Å². The molecule has 0 atom stereocenters. The molecule has 154 valence electrons. The second-order valence-corrected chi connectivity index (χ2v) is 10.7. The standard InChI is InChI=1S/C28H13IN2OS/c29-31-19-10-5-8-15-14-6-1-3-9-18(14)30-24-17(12-13-20(31)23(24)22(15)19)27-25(30)26-28(33-27)16-7-2-4-11-21(16)32-26/h1-13H. The topological polar surface area (TPSA) is 22.5 Å². The van der Waals surface area contributed by atoms with E-state index in [1.165, 1.54) is 69.3 Å². The van der Waals surface area contributed by atoms with E-state index in [0.29, 0.717) is 0 Å². The number of thiophene rings is 1. The fourth-order valence-electron chi connectivity index (χ4n) is 5.89. The number of nitrogens with zero attached hydrogens (tertiary/aromatic N) is 2. The first-order valence-electron chi connectivity index (χ1n) is 10.9. The summed E-state index contributed by atoms with van der Waals surface area (Å²) in [5.74, 6) is 0. The van der Waals surface area contributed by atoms with Crippen LogP contribution < -0.4 is 0 Å². The van der Waals surface area contributed by atoms with Gasteiger partial charge in [0.2, 0.25) is 0 Å². The van der Waals surface area contributed by atoms with Gasteiger partial charge in [0.1, 0.15) is 11.1 Å². The summed E-state index contributed by atoms with van der Waals surface area (Å²) < 4.78 is 13.8. The lowest BCUT2D eigenvalue weighted by Gasteiger charge is -2.02. The van der Waals surface area contributed by atoms with Gasteiger partial charge in [-0.25, -0.2) is 0 Å². The van der Waals surface area contributed by atoms with Crippen LogP contribution in [0.3, 0.4) is 0 Å². The van der Waals surface area contributed by atoms with E-state index in [4.69, 9.17) is 4.42 Å². The van der Waals surface area contributed by atoms with Crippen LogP contribution in [0.4, 0.5) is 0 Å². The molecule has 0 fully saturated rings. The molecule has 0 aliphatic rings. The molecule has 0 unspecified atom stereocenters. The summed E-state index contributed by atoms with van der Waals surface area (Å²) in [5, 5.41) is 7.72. The largest absolute Gasteiger partial charge is 0.453 e. The lowest BCUT2D eigenvalue weighted by Crippen LogP contribution is -1.85. The molecule has 9 aromatic rings. The van der Waals surface area contributed by atoms with Gasteiger partial charge in [0.05, 0.1) is 54.3 Å². The molecule has 0 saturated heterocycles. The highest BCUT2D eigenvalue weighted by Crippen LogP contribution is 2.49. The first-order chi connectivity index (χ1) is 16.3. The third-order valence-corrected chi connectivity index (χ3v) is 9.45. The number of benzene rings is 4. The van der Waals surface area contributed by atoms with Gasteiger partial charge in [-0.1, -0.05) is 42.5 Å². The number of para-hydroxylation sites is 2. The van der Waals surface area contributed by atoms with Gasteiger partial charge in [-0.2, -0.15) is 0 Å². The van der Waals surface area contributed by atoms with Crippen molar-refractivity contribution in [1.29, 1.82) is 0 Å². The molecule has 0 bridgehead atoms. The van der Waals surface area contributed by atoms with Gasteiger partial charge in [-0.15, -0.1) is 11.3 Å². The lowest BCUT2D eigenvalue weighted by atomic mass is 10.0. The second-order valence-electron chi connectivity index (χ2n) is 8.73. The van der Waals surface area contributed by atoms with E-state index in [9.17, 15) is 0 Å². The molecule has 0 amide bonds. The number of halogens is 1. The molecular weight excluding hydrogens is 539 g/mol. The molecule has 5 heteroatoms. The van der Waals surface area contributed by atoms with Crippen LogP contribution in [-0.2, 0) is 0 Å². The summed E-state index contributed by atoms with van der Waals surface area (Å²) in [4.78, 5) is 0. The quantitative estimate of drug-likeness (QED) is 0.172. The van der Waals surface area contributed by atoms with Crippen LogP contribution in [0.15, 0.2) is 83.3 Å². The summed E-state index contributed by atoms with van der Waals surface area (Å²) in [6.07, 6.45) is 0. The maximum absolute atomic E-state index is 6.52. The fraction of sp³-hybridized carbons (Fsp3) is 0. The number of fused-ring (bicyclic) bond motifs is 10. The SMILES string of the molecule is In1c2cccc3c4ccccc4n4c5c6oc7ccccc7c6sc5c5ccc1c(c32)c54. The van der Waals surface area contributed by atoms with Crippen molar-refractivity contribution in [3.63, 3.8) is 0 Å². The zero-order valence-corrected chi connectivity index (χ0v) is 20.1. The van der Waals surface area contributed by atoms with Gasteiger partial charge in [0.25, 0.3) is 0 Å². The first-order valence-corrected chi connectivity index (χ1v) is 12.7. The Balaban J connectivity index is 1.75. The van der Waals surface area contributed by atoms with Crippen LogP contribution in [-0.4, -0.2) is 7.18 Å². The summed E-state index contributed by atoms with van der Waals surface area (Å²) in [6, 6.07) is 28.5. The molecule has 9 rings (SSSR count). The van der Waals surface area contributed by atoms with Gasteiger partial charge in [-0.3, -0.25) is 2.78 Å². The van der Waals surface area contributed by atoms with E-state index in [2.05, 4.69) is 103 Å². The van der Waals surface area contributed by atoms with E-state index < -0.39 is 0 Å². The van der Waals surface area contributed by atoms with Crippen LogP contribution in [0.5, 0.6) is 0 Å². The zero-order valence-electron chi connectivity index (χ0n) is 17.1. The molecule has 0 N–H and O–H groups in total. The Morgan fingerprint density at radius 1 is 0.606 bits per heavy atom. The van der Waals surface area contributed by atoms with E-state index >= 15 is 0 Å². The van der Waals surface area contributed by atoms with Crippen molar-refractivity contribution in [2.24, 2.45) is 0 Å². The van der Waals surface area contributed by atoms with Crippen LogP contribution in [0.2, 0.25) is 0 Å². The lowest BCUT2D eigenvalue weighted by molar-refractivity contribution is 0.672. The van der Waals surface area contributed by atoms with Crippen LogP contribution in [0.1, 0.15) is 0 Å². The highest BCUT2D eigenvalue weighted by molar-refractivity contribution is 14.1. The maximum atomic E-state index is 6.52. The van der Waals surface area contributed by atoms with Crippen molar-refractivity contribution in [1.82, 2.24) is 7.18 Å². The average Bonchev–Trinajstić information content (AvgIpc) is 3.54. The van der Waals surface area contributed by atoms with Gasteiger partial charge >= 0.3 is 0 Å². The third kappa shape index (κ3) is 1.83. The molecule has 0 aliphatic heterocycles. The predicted molar refractivity (Wildman–Crippen MR) is 149 cm³/mol. The molecule has 3 nitrogen and oxygen atoms in total. The molecule has 0 radical (unpaired) electrons. The Hall–Kier alpha value is -3.29. The van der Waals surface area contributed by atoms with Gasteiger partial charge in [0, 0.05) is 26.9 Å². The normalized spacial score (nSPS) is 13.0. The van der Waals surface area contributed by atoms with Crippen molar-refractivity contribution in [2.75, 3.05) is 0 Å². The van der Waals surface area contributed by atoms with Crippen LogP contribution in [0, 0.1) is 0 Å². The van der Waals surface area contributed by atoms with Crippen molar-refractivity contribution < 1.29 is 4.42 Å². The Morgan fingerprint density at radius 2 is 1.36 bits per heavy atom. The minimum Gasteiger partial charge on any atom is -0.453 e. The highest BCUT2D eigenvalue weighted by atomic mass is 127. The van der Waals surface area contributed by atoms with Crippen molar-refractivity contribution in [2.45, 2.75) is 0 Å². The van der Waals surface area contributed by atoms with Crippen molar-refractivity contribution >= 4 is 115 Å². The molecule has 0 saturated carbocycles. The Labute approximate surface area is 204 Å². The number of furan rings is 1. The van der Waals surface area contributed by atoms with E-state index in [-0.39, 0.29) is 0 Å². The zero-order chi connectivity index (χ0) is 21.4. The average molecular weight is 552 g/mol. The summed E-state index contributed by atoms with van der Waals surface area (Å²) >= 11 is 4.30. The second kappa shape index (κ2) is 5.61.